The highest BCUT2D eigenvalue weighted by atomic mass is 16.4. The highest BCUT2D eigenvalue weighted by Gasteiger charge is 2.31. The van der Waals surface area contributed by atoms with E-state index in [0.717, 1.165) is 13.0 Å². The van der Waals surface area contributed by atoms with E-state index in [1.165, 1.54) is 11.3 Å². The number of likely N-dealkylation sites (N-methyl/N-ethyl adjacent to an activating group) is 1. The fourth-order valence-corrected chi connectivity index (χ4v) is 2.44. The van der Waals surface area contributed by atoms with Gasteiger partial charge in [-0.05, 0) is 44.9 Å². The first-order valence-electron chi connectivity index (χ1n) is 7.16. The van der Waals surface area contributed by atoms with Crippen molar-refractivity contribution in [2.24, 2.45) is 0 Å². The Labute approximate surface area is 121 Å². The van der Waals surface area contributed by atoms with Gasteiger partial charge in [0, 0.05) is 19.3 Å². The van der Waals surface area contributed by atoms with Crippen LogP contribution in [0.4, 0.5) is 5.69 Å². The summed E-state index contributed by atoms with van der Waals surface area (Å²) in [6.45, 7) is 7.29. The largest absolute Gasteiger partial charge is 0.480 e. The van der Waals surface area contributed by atoms with Crippen molar-refractivity contribution in [2.45, 2.75) is 39.2 Å². The topological polar surface area (TPSA) is 52.6 Å². The molecule has 1 aromatic rings. The monoisotopic (exact) mass is 278 g/mol. The zero-order valence-corrected chi connectivity index (χ0v) is 12.9. The predicted octanol–water partition coefficient (Wildman–Crippen LogP) is 2.66. The third-order valence-corrected chi connectivity index (χ3v) is 3.74. The fourth-order valence-electron chi connectivity index (χ4n) is 2.44. The smallest absolute Gasteiger partial charge is 0.323 e. The van der Waals surface area contributed by atoms with Gasteiger partial charge < -0.3 is 15.3 Å². The lowest BCUT2D eigenvalue weighted by Crippen LogP contribution is -2.49. The van der Waals surface area contributed by atoms with E-state index in [1.807, 2.05) is 26.1 Å². The number of carboxylic acids is 1. The Morgan fingerprint density at radius 2 is 2.05 bits per heavy atom. The average molecular weight is 278 g/mol. The van der Waals surface area contributed by atoms with E-state index in [2.05, 4.69) is 29.3 Å². The van der Waals surface area contributed by atoms with E-state index in [1.54, 1.807) is 6.92 Å². The molecular formula is C16H26N2O2. The van der Waals surface area contributed by atoms with Crippen molar-refractivity contribution in [3.63, 3.8) is 0 Å². The summed E-state index contributed by atoms with van der Waals surface area (Å²) < 4.78 is 0. The molecule has 20 heavy (non-hydrogen) atoms. The van der Waals surface area contributed by atoms with Crippen molar-refractivity contribution in [3.8, 4) is 0 Å². The van der Waals surface area contributed by atoms with Gasteiger partial charge >= 0.3 is 5.97 Å². The summed E-state index contributed by atoms with van der Waals surface area (Å²) in [5, 5.41) is 12.4. The molecule has 0 bridgehead atoms. The molecule has 1 rings (SSSR count). The number of nitrogens with one attached hydrogen (secondary N) is 1. The molecule has 0 heterocycles. The minimum Gasteiger partial charge on any atom is -0.480 e. The summed E-state index contributed by atoms with van der Waals surface area (Å²) in [6, 6.07) is 8.24. The Kier molecular flexibility index (Phi) is 6.02. The number of carboxylic acid groups (broad SMARTS) is 1. The van der Waals surface area contributed by atoms with Crippen LogP contribution in [0.5, 0.6) is 0 Å². The van der Waals surface area contributed by atoms with Crippen molar-refractivity contribution in [3.05, 3.63) is 29.8 Å². The molecule has 1 aromatic carbocycles. The molecule has 0 spiro atoms. The number of aryl methyl sites for hydroxylation is 1. The van der Waals surface area contributed by atoms with Crippen molar-refractivity contribution in [1.82, 2.24) is 5.32 Å². The first kappa shape index (κ1) is 16.5. The van der Waals surface area contributed by atoms with Gasteiger partial charge in [0.2, 0.25) is 0 Å². The van der Waals surface area contributed by atoms with Gasteiger partial charge in [-0.15, -0.1) is 0 Å². The molecule has 0 saturated heterocycles. The Morgan fingerprint density at radius 3 is 2.60 bits per heavy atom. The second-order valence-corrected chi connectivity index (χ2v) is 5.48. The lowest BCUT2D eigenvalue weighted by atomic mass is 9.95. The van der Waals surface area contributed by atoms with Crippen LogP contribution in [-0.4, -0.2) is 36.8 Å². The van der Waals surface area contributed by atoms with Gasteiger partial charge in [0.05, 0.1) is 0 Å². The van der Waals surface area contributed by atoms with Gasteiger partial charge in [0.1, 0.15) is 5.54 Å². The minimum atomic E-state index is -0.832. The molecular weight excluding hydrogens is 252 g/mol. The lowest BCUT2D eigenvalue weighted by molar-refractivity contribution is -0.144. The zero-order valence-electron chi connectivity index (χ0n) is 12.9. The van der Waals surface area contributed by atoms with E-state index in [-0.39, 0.29) is 0 Å². The second-order valence-electron chi connectivity index (χ2n) is 5.48. The standard InChI is InChI=1S/C16H26N2O2/c1-5-17-16(3,15(19)20)11-8-12-18(4)14-10-7-6-9-13(14)2/h6-7,9-10,17H,5,8,11-12H2,1-4H3,(H,19,20). The van der Waals surface area contributed by atoms with Gasteiger partial charge in [-0.2, -0.15) is 0 Å². The molecule has 0 saturated carbocycles. The first-order chi connectivity index (χ1) is 9.40. The third-order valence-electron chi connectivity index (χ3n) is 3.74. The molecule has 1 unspecified atom stereocenters. The van der Waals surface area contributed by atoms with Crippen LogP contribution in [0, 0.1) is 6.92 Å². The minimum absolute atomic E-state index is 0.617. The Morgan fingerprint density at radius 1 is 1.40 bits per heavy atom. The van der Waals surface area contributed by atoms with Gasteiger partial charge in [-0.25, -0.2) is 0 Å². The van der Waals surface area contributed by atoms with Crippen LogP contribution < -0.4 is 10.2 Å². The number of carbonyl (C=O) groups is 1. The van der Waals surface area contributed by atoms with Crippen LogP contribution in [0.15, 0.2) is 24.3 Å². The number of hydrogen-bond acceptors (Lipinski definition) is 3. The van der Waals surface area contributed by atoms with E-state index in [0.29, 0.717) is 13.0 Å². The maximum absolute atomic E-state index is 11.3. The summed E-state index contributed by atoms with van der Waals surface area (Å²) >= 11 is 0. The van der Waals surface area contributed by atoms with Gasteiger partial charge in [0.15, 0.2) is 0 Å². The number of para-hydroxylation sites is 1. The maximum atomic E-state index is 11.3. The number of nitrogens with zero attached hydrogens (tertiary/aromatic N) is 1. The van der Waals surface area contributed by atoms with E-state index >= 15 is 0 Å². The SMILES string of the molecule is CCNC(C)(CCCN(C)c1ccccc1C)C(=O)O. The molecule has 0 aromatic heterocycles. The molecule has 1 atom stereocenters. The lowest BCUT2D eigenvalue weighted by Gasteiger charge is -2.27. The zero-order chi connectivity index (χ0) is 15.2. The molecule has 0 fully saturated rings. The van der Waals surface area contributed by atoms with Gasteiger partial charge in [-0.3, -0.25) is 4.79 Å². The molecule has 4 heteroatoms. The normalized spacial score (nSPS) is 13.8. The summed E-state index contributed by atoms with van der Waals surface area (Å²) in [6.07, 6.45) is 1.45. The quantitative estimate of drug-likeness (QED) is 0.767. The average Bonchev–Trinajstić information content (AvgIpc) is 2.39. The predicted molar refractivity (Wildman–Crippen MR) is 83.4 cm³/mol. The summed E-state index contributed by atoms with van der Waals surface area (Å²) in [4.78, 5) is 13.5. The van der Waals surface area contributed by atoms with E-state index in [9.17, 15) is 9.90 Å². The van der Waals surface area contributed by atoms with Crippen molar-refractivity contribution in [2.75, 3.05) is 25.0 Å². The van der Waals surface area contributed by atoms with Crippen LogP contribution in [0.1, 0.15) is 32.3 Å². The highest BCUT2D eigenvalue weighted by Crippen LogP contribution is 2.19. The molecule has 0 aliphatic carbocycles. The summed E-state index contributed by atoms with van der Waals surface area (Å²) in [5.74, 6) is -0.780. The Balaban J connectivity index is 2.55. The van der Waals surface area contributed by atoms with E-state index < -0.39 is 11.5 Å². The van der Waals surface area contributed by atoms with Crippen LogP contribution in [0.25, 0.3) is 0 Å². The van der Waals surface area contributed by atoms with Crippen molar-refractivity contribution in [1.29, 1.82) is 0 Å². The van der Waals surface area contributed by atoms with Crippen LogP contribution in [0.3, 0.4) is 0 Å². The number of benzene rings is 1. The number of anilines is 1. The molecule has 0 aliphatic rings. The highest BCUT2D eigenvalue weighted by molar-refractivity contribution is 5.78. The van der Waals surface area contributed by atoms with Gasteiger partial charge in [-0.1, -0.05) is 25.1 Å². The first-order valence-corrected chi connectivity index (χ1v) is 7.16. The Hall–Kier alpha value is -1.55. The van der Waals surface area contributed by atoms with Crippen molar-refractivity contribution < 1.29 is 9.90 Å². The summed E-state index contributed by atoms with van der Waals surface area (Å²) in [5.41, 5.74) is 1.61. The van der Waals surface area contributed by atoms with Crippen LogP contribution in [-0.2, 0) is 4.79 Å². The molecule has 0 amide bonds. The number of hydrogen-bond donors (Lipinski definition) is 2. The van der Waals surface area contributed by atoms with Crippen molar-refractivity contribution >= 4 is 11.7 Å². The number of rotatable bonds is 8. The molecule has 112 valence electrons. The second kappa shape index (κ2) is 7.29. The molecule has 0 radical (unpaired) electrons. The maximum Gasteiger partial charge on any atom is 0.323 e. The van der Waals surface area contributed by atoms with Gasteiger partial charge in [0.25, 0.3) is 0 Å². The Bertz CT molecular complexity index is 448. The van der Waals surface area contributed by atoms with Crippen LogP contribution >= 0.6 is 0 Å². The summed E-state index contributed by atoms with van der Waals surface area (Å²) in [7, 11) is 2.05. The molecule has 0 aliphatic heterocycles. The van der Waals surface area contributed by atoms with E-state index in [4.69, 9.17) is 0 Å². The molecule has 4 nitrogen and oxygen atoms in total. The third kappa shape index (κ3) is 4.23. The number of aliphatic carboxylic acids is 1. The molecule has 2 N–H and O–H groups in total. The fraction of sp³-hybridized carbons (Fsp3) is 0.562. The van der Waals surface area contributed by atoms with Crippen LogP contribution in [0.2, 0.25) is 0 Å².